The third kappa shape index (κ3) is 446. The van der Waals surface area contributed by atoms with Crippen molar-refractivity contribution in [1.29, 1.82) is 0 Å². The molecule has 0 aromatic carbocycles. The van der Waals surface area contributed by atoms with Gasteiger partial charge in [-0.05, 0) is 0 Å². The second kappa shape index (κ2) is 48.6. The molecule has 0 aromatic rings. The van der Waals surface area contributed by atoms with Crippen LogP contribution in [0.5, 0.6) is 0 Å². The third-order valence-corrected chi connectivity index (χ3v) is 0.125. The number of hydrogen-bond donors (Lipinski definition) is 2. The Hall–Kier alpha value is -1.75. The molecule has 0 saturated heterocycles. The SMILES string of the molecule is O.O=COO.O=COO.O=CO[O-].[H+].[HH].[HH]. The van der Waals surface area contributed by atoms with E-state index in [0.29, 0.717) is 0 Å². The molecule has 0 aliphatic heterocycles. The standard InChI is InChI=1S/3CH2O3.H2O.2H2/c3*2-1-4-3;;;/h3*1,3H;1H2;2*1H. The molecule has 4 N–H and O–H groups in total. The highest BCUT2D eigenvalue weighted by molar-refractivity contribution is 5.35. The van der Waals surface area contributed by atoms with E-state index in [1.807, 2.05) is 0 Å². The van der Waals surface area contributed by atoms with Crippen molar-refractivity contribution >= 4 is 19.4 Å². The molecule has 0 radical (unpaired) electrons. The average molecular weight is 208 g/mol. The summed E-state index contributed by atoms with van der Waals surface area (Å²) in [5.41, 5.74) is 0. The van der Waals surface area contributed by atoms with E-state index < -0.39 is 0 Å². The molecular formula is C3H12O10. The molecule has 0 unspecified atom stereocenters. The van der Waals surface area contributed by atoms with Crippen LogP contribution < -0.4 is 5.26 Å². The van der Waals surface area contributed by atoms with Gasteiger partial charge in [-0.1, -0.05) is 0 Å². The van der Waals surface area contributed by atoms with Crippen molar-refractivity contribution in [3.05, 3.63) is 0 Å². The minimum atomic E-state index is -0.181. The van der Waals surface area contributed by atoms with E-state index in [1.54, 1.807) is 0 Å². The molecule has 0 saturated carbocycles. The molecule has 0 amide bonds. The smallest absolute Gasteiger partial charge is 0.662 e. The first-order chi connectivity index (χ1) is 5.74. The molecule has 0 atom stereocenters. The Bertz CT molecular complexity index is 82.3. The summed E-state index contributed by atoms with van der Waals surface area (Å²) in [6, 6.07) is 0. The normalized spacial score (nSPS) is 4.85. The molecule has 0 aliphatic carbocycles. The van der Waals surface area contributed by atoms with Gasteiger partial charge in [-0.3, -0.25) is 14.4 Å². The van der Waals surface area contributed by atoms with Crippen LogP contribution in [-0.4, -0.2) is 35.4 Å². The van der Waals surface area contributed by atoms with Crippen molar-refractivity contribution < 1.29 is 54.6 Å². The van der Waals surface area contributed by atoms with Crippen LogP contribution >= 0.6 is 0 Å². The molecule has 0 fully saturated rings. The molecule has 10 nitrogen and oxygen atoms in total. The Labute approximate surface area is 75.4 Å². The maximum Gasteiger partial charge on any atom is 1.00 e. The molecule has 13 heavy (non-hydrogen) atoms. The fourth-order valence-corrected chi connectivity index (χ4v) is 0. The lowest BCUT2D eigenvalue weighted by molar-refractivity contribution is -0.652. The van der Waals surface area contributed by atoms with E-state index in [1.165, 1.54) is 0 Å². The number of rotatable bonds is 3. The summed E-state index contributed by atoms with van der Waals surface area (Å²) in [6.07, 6.45) is 0. The number of hydrogen-bond acceptors (Lipinski definition) is 9. The summed E-state index contributed by atoms with van der Waals surface area (Å²) in [7, 11) is 0. The van der Waals surface area contributed by atoms with Crippen LogP contribution in [0.15, 0.2) is 0 Å². The maximum atomic E-state index is 8.70. The lowest BCUT2D eigenvalue weighted by Crippen LogP contribution is -2.00. The van der Waals surface area contributed by atoms with Crippen molar-refractivity contribution in [3.8, 4) is 0 Å². The predicted molar refractivity (Wildman–Crippen MR) is 35.7 cm³/mol. The largest absolute Gasteiger partial charge is 1.00 e. The van der Waals surface area contributed by atoms with Crippen molar-refractivity contribution in [2.45, 2.75) is 0 Å². The molecule has 0 heterocycles. The molecule has 0 aliphatic rings. The summed E-state index contributed by atoms with van der Waals surface area (Å²) >= 11 is 0. The van der Waals surface area contributed by atoms with E-state index in [2.05, 4.69) is 14.7 Å². The third-order valence-electron chi connectivity index (χ3n) is 0.125. The van der Waals surface area contributed by atoms with E-state index in [4.69, 9.17) is 30.2 Å². The van der Waals surface area contributed by atoms with Crippen LogP contribution in [0.3, 0.4) is 0 Å². The Morgan fingerprint density at radius 3 is 1.23 bits per heavy atom. The lowest BCUT2D eigenvalue weighted by Gasteiger charge is -1.88. The molecule has 0 bridgehead atoms. The highest BCUT2D eigenvalue weighted by Crippen LogP contribution is 1.34. The van der Waals surface area contributed by atoms with Gasteiger partial charge in [0.1, 0.15) is 0 Å². The quantitative estimate of drug-likeness (QED) is 0.288. The van der Waals surface area contributed by atoms with Crippen LogP contribution in [0.25, 0.3) is 0 Å². The predicted octanol–water partition coefficient (Wildman–Crippen LogP) is -2.52. The van der Waals surface area contributed by atoms with Gasteiger partial charge in [0.2, 0.25) is 0 Å². The van der Waals surface area contributed by atoms with Crippen LogP contribution in [0.1, 0.15) is 4.28 Å². The molecule has 0 aromatic heterocycles. The zero-order valence-corrected chi connectivity index (χ0v) is 5.98. The second-order valence-electron chi connectivity index (χ2n) is 0.596. The minimum absolute atomic E-state index is 0. The molecular weight excluding hydrogens is 196 g/mol. The van der Waals surface area contributed by atoms with Crippen LogP contribution in [-0.2, 0) is 29.0 Å². The van der Waals surface area contributed by atoms with E-state index >= 15 is 0 Å². The maximum absolute atomic E-state index is 8.70. The van der Waals surface area contributed by atoms with Crippen LogP contribution in [0, 0.1) is 0 Å². The fourth-order valence-electron chi connectivity index (χ4n) is 0. The Kier molecular flexibility index (Phi) is 84.0. The first-order valence-electron chi connectivity index (χ1n) is 1.95. The van der Waals surface area contributed by atoms with Gasteiger partial charge >= 0.3 is 14.4 Å². The van der Waals surface area contributed by atoms with E-state index in [-0.39, 0.29) is 29.2 Å². The van der Waals surface area contributed by atoms with Crippen molar-refractivity contribution in [2.24, 2.45) is 0 Å². The van der Waals surface area contributed by atoms with Gasteiger partial charge < -0.3 is 25.4 Å². The molecule has 0 spiro atoms. The van der Waals surface area contributed by atoms with Crippen LogP contribution in [0.2, 0.25) is 0 Å². The summed E-state index contributed by atoms with van der Waals surface area (Å²) in [5.74, 6) is 0. The summed E-state index contributed by atoms with van der Waals surface area (Å²) in [5, 5.41) is 22.4. The van der Waals surface area contributed by atoms with Gasteiger partial charge in [-0.25, -0.2) is 10.5 Å². The molecule has 0 rings (SSSR count). The highest BCUT2D eigenvalue weighted by Gasteiger charge is 1.48. The monoisotopic (exact) mass is 208 g/mol. The van der Waals surface area contributed by atoms with E-state index in [0.717, 1.165) is 0 Å². The van der Waals surface area contributed by atoms with E-state index in [9.17, 15) is 0 Å². The van der Waals surface area contributed by atoms with Gasteiger partial charge in [-0.15, -0.1) is 0 Å². The highest BCUT2D eigenvalue weighted by atomic mass is 17.1. The molecule has 84 valence electrons. The number of carbonyl (C=O) groups excluding carboxylic acids is 3. The summed E-state index contributed by atoms with van der Waals surface area (Å²) < 4.78 is 0. The first-order valence-corrected chi connectivity index (χ1v) is 1.95. The Morgan fingerprint density at radius 2 is 1.23 bits per heavy atom. The van der Waals surface area contributed by atoms with Crippen molar-refractivity contribution in [3.63, 3.8) is 0 Å². The van der Waals surface area contributed by atoms with Gasteiger partial charge in [0.15, 0.2) is 0 Å². The Morgan fingerprint density at radius 1 is 1.08 bits per heavy atom. The van der Waals surface area contributed by atoms with Crippen molar-refractivity contribution in [2.75, 3.05) is 0 Å². The van der Waals surface area contributed by atoms with Crippen molar-refractivity contribution in [1.82, 2.24) is 0 Å². The second-order valence-corrected chi connectivity index (χ2v) is 0.596. The first kappa shape index (κ1) is 22.5. The number of carbonyl (C=O) groups is 3. The van der Waals surface area contributed by atoms with Gasteiger partial charge in [0.25, 0.3) is 6.47 Å². The minimum Gasteiger partial charge on any atom is -0.662 e. The zero-order valence-electron chi connectivity index (χ0n) is 6.98. The molecule has 10 heteroatoms. The van der Waals surface area contributed by atoms with Crippen LogP contribution in [0.4, 0.5) is 0 Å². The zero-order chi connectivity index (χ0) is 10.2. The topological polar surface area (TPSA) is 174 Å². The summed E-state index contributed by atoms with van der Waals surface area (Å²) in [6.45, 7) is -0.319. The summed E-state index contributed by atoms with van der Waals surface area (Å²) in [4.78, 5) is 34.4. The average Bonchev–Trinajstić information content (AvgIpc) is 2.18. The fraction of sp³-hybridized carbons (Fsp3) is 0. The lowest BCUT2D eigenvalue weighted by atomic mass is 11.7. The Balaban J connectivity index is -0.0000000135. The van der Waals surface area contributed by atoms with Gasteiger partial charge in [0.05, 0.1) is 0 Å². The van der Waals surface area contributed by atoms with Gasteiger partial charge in [-0.2, -0.15) is 0 Å². The van der Waals surface area contributed by atoms with Gasteiger partial charge in [0, 0.05) is 2.85 Å².